The van der Waals surface area contributed by atoms with E-state index in [2.05, 4.69) is 35.1 Å². The minimum atomic E-state index is 0.0364. The molecule has 0 bridgehead atoms. The first kappa shape index (κ1) is 12.7. The number of halogens is 1. The maximum Gasteiger partial charge on any atom is 0.261 e. The van der Waals surface area contributed by atoms with Crippen molar-refractivity contribution < 1.29 is 4.79 Å². The molecule has 1 rings (SSSR count). The molecular weight excluding hydrogens is 274 g/mol. The summed E-state index contributed by atoms with van der Waals surface area (Å²) >= 11 is 4.81. The van der Waals surface area contributed by atoms with Gasteiger partial charge in [-0.3, -0.25) is 4.79 Å². The predicted octanol–water partition coefficient (Wildman–Crippen LogP) is 3.82. The fourth-order valence-electron chi connectivity index (χ4n) is 1.31. The van der Waals surface area contributed by atoms with Gasteiger partial charge in [-0.1, -0.05) is 19.8 Å². The molecule has 4 heteroatoms. The van der Waals surface area contributed by atoms with Crippen LogP contribution >= 0.6 is 27.3 Å². The van der Waals surface area contributed by atoms with Gasteiger partial charge < -0.3 is 5.32 Å². The Morgan fingerprint density at radius 2 is 2.33 bits per heavy atom. The van der Waals surface area contributed by atoms with E-state index in [1.807, 2.05) is 12.1 Å². The summed E-state index contributed by atoms with van der Waals surface area (Å²) in [4.78, 5) is 12.5. The monoisotopic (exact) mass is 289 g/mol. The molecule has 2 nitrogen and oxygen atoms in total. The van der Waals surface area contributed by atoms with Gasteiger partial charge in [-0.15, -0.1) is 11.3 Å². The van der Waals surface area contributed by atoms with E-state index in [0.717, 1.165) is 21.5 Å². The molecule has 0 saturated carbocycles. The summed E-state index contributed by atoms with van der Waals surface area (Å²) in [6, 6.07) is 4.01. The second-order valence-electron chi connectivity index (χ2n) is 3.62. The molecule has 0 aliphatic heterocycles. The van der Waals surface area contributed by atoms with Gasteiger partial charge in [0.15, 0.2) is 0 Å². The lowest BCUT2D eigenvalue weighted by atomic mass is 10.1. The molecule has 0 aliphatic rings. The van der Waals surface area contributed by atoms with Crippen molar-refractivity contribution in [2.45, 2.75) is 39.2 Å². The lowest BCUT2D eigenvalue weighted by Crippen LogP contribution is -2.31. The molecule has 0 aromatic carbocycles. The van der Waals surface area contributed by atoms with Crippen LogP contribution in [-0.4, -0.2) is 11.9 Å². The van der Waals surface area contributed by atoms with Gasteiger partial charge in [-0.2, -0.15) is 0 Å². The Kier molecular flexibility index (Phi) is 5.32. The zero-order valence-corrected chi connectivity index (χ0v) is 11.5. The summed E-state index contributed by atoms with van der Waals surface area (Å²) in [6.45, 7) is 4.21. The highest BCUT2D eigenvalue weighted by atomic mass is 79.9. The van der Waals surface area contributed by atoms with Gasteiger partial charge in [-0.25, -0.2) is 0 Å². The number of unbranched alkanes of at least 4 members (excludes halogenated alkanes) is 1. The second kappa shape index (κ2) is 6.28. The highest BCUT2D eigenvalue weighted by molar-refractivity contribution is 9.11. The van der Waals surface area contributed by atoms with Crippen molar-refractivity contribution in [3.63, 3.8) is 0 Å². The van der Waals surface area contributed by atoms with Crippen LogP contribution in [0.5, 0.6) is 0 Å². The van der Waals surface area contributed by atoms with Gasteiger partial charge in [0, 0.05) is 6.04 Å². The van der Waals surface area contributed by atoms with Gasteiger partial charge in [-0.05, 0) is 41.4 Å². The first-order valence-corrected chi connectivity index (χ1v) is 6.80. The molecule has 1 amide bonds. The Labute approximate surface area is 103 Å². The summed E-state index contributed by atoms with van der Waals surface area (Å²) in [5.41, 5.74) is 0. The van der Waals surface area contributed by atoms with E-state index in [0.29, 0.717) is 0 Å². The van der Waals surface area contributed by atoms with E-state index < -0.39 is 0 Å². The fourth-order valence-corrected chi connectivity index (χ4v) is 2.60. The summed E-state index contributed by atoms with van der Waals surface area (Å²) in [5, 5.41) is 2.99. The van der Waals surface area contributed by atoms with Crippen molar-refractivity contribution in [3.05, 3.63) is 20.8 Å². The smallest absolute Gasteiger partial charge is 0.261 e. The van der Waals surface area contributed by atoms with E-state index in [4.69, 9.17) is 0 Å². The van der Waals surface area contributed by atoms with Gasteiger partial charge in [0.2, 0.25) is 0 Å². The zero-order chi connectivity index (χ0) is 11.3. The quantitative estimate of drug-likeness (QED) is 0.877. The van der Waals surface area contributed by atoms with Crippen molar-refractivity contribution in [2.75, 3.05) is 0 Å². The summed E-state index contributed by atoms with van der Waals surface area (Å²) in [6.07, 6.45) is 3.38. The van der Waals surface area contributed by atoms with Crippen LogP contribution in [0.25, 0.3) is 0 Å². The van der Waals surface area contributed by atoms with E-state index in [9.17, 15) is 4.79 Å². The van der Waals surface area contributed by atoms with Crippen LogP contribution < -0.4 is 5.32 Å². The average molecular weight is 290 g/mol. The SMILES string of the molecule is CCCCC(C)NC(=O)c1ccc(Br)s1. The minimum absolute atomic E-state index is 0.0364. The summed E-state index contributed by atoms with van der Waals surface area (Å²) in [5.74, 6) is 0.0364. The number of hydrogen-bond acceptors (Lipinski definition) is 2. The molecule has 1 atom stereocenters. The Hall–Kier alpha value is -0.350. The maximum absolute atomic E-state index is 11.7. The largest absolute Gasteiger partial charge is 0.349 e. The summed E-state index contributed by atoms with van der Waals surface area (Å²) < 4.78 is 0.994. The van der Waals surface area contributed by atoms with Crippen molar-refractivity contribution in [3.8, 4) is 0 Å². The molecule has 1 unspecified atom stereocenters. The van der Waals surface area contributed by atoms with Crippen LogP contribution in [0.1, 0.15) is 42.8 Å². The molecule has 1 aromatic heterocycles. The zero-order valence-electron chi connectivity index (χ0n) is 9.05. The van der Waals surface area contributed by atoms with Gasteiger partial charge in [0.25, 0.3) is 5.91 Å². The van der Waals surface area contributed by atoms with Crippen LogP contribution in [0, 0.1) is 0 Å². The Morgan fingerprint density at radius 1 is 1.60 bits per heavy atom. The van der Waals surface area contributed by atoms with Crippen molar-refractivity contribution >= 4 is 33.2 Å². The van der Waals surface area contributed by atoms with Crippen LogP contribution in [0.4, 0.5) is 0 Å². The van der Waals surface area contributed by atoms with Crippen molar-refractivity contribution in [1.29, 1.82) is 0 Å². The molecule has 1 N–H and O–H groups in total. The average Bonchev–Trinajstić information content (AvgIpc) is 2.61. The number of amides is 1. The molecule has 0 saturated heterocycles. The third kappa shape index (κ3) is 4.34. The fraction of sp³-hybridized carbons (Fsp3) is 0.545. The van der Waals surface area contributed by atoms with Gasteiger partial charge in [0.05, 0.1) is 8.66 Å². The molecular formula is C11H16BrNOS. The first-order chi connectivity index (χ1) is 7.13. The summed E-state index contributed by atoms with van der Waals surface area (Å²) in [7, 11) is 0. The molecule has 0 radical (unpaired) electrons. The maximum atomic E-state index is 11.7. The third-order valence-corrected chi connectivity index (χ3v) is 3.79. The number of thiophene rings is 1. The molecule has 0 aliphatic carbocycles. The standard InChI is InChI=1S/C11H16BrNOS/c1-3-4-5-8(2)13-11(14)9-6-7-10(12)15-9/h6-8H,3-5H2,1-2H3,(H,13,14). The van der Waals surface area contributed by atoms with Crippen LogP contribution in [0.15, 0.2) is 15.9 Å². The lowest BCUT2D eigenvalue weighted by Gasteiger charge is -2.12. The van der Waals surface area contributed by atoms with Gasteiger partial charge in [0.1, 0.15) is 0 Å². The van der Waals surface area contributed by atoms with Crippen LogP contribution in [-0.2, 0) is 0 Å². The molecule has 84 valence electrons. The Balaban J connectivity index is 2.42. The van der Waals surface area contributed by atoms with E-state index in [1.54, 1.807) is 0 Å². The number of hydrogen-bond donors (Lipinski definition) is 1. The van der Waals surface area contributed by atoms with Crippen molar-refractivity contribution in [1.82, 2.24) is 5.32 Å². The highest BCUT2D eigenvalue weighted by Gasteiger charge is 2.10. The Morgan fingerprint density at radius 3 is 2.87 bits per heavy atom. The normalized spacial score (nSPS) is 12.5. The molecule has 1 aromatic rings. The van der Waals surface area contributed by atoms with E-state index in [1.165, 1.54) is 17.8 Å². The van der Waals surface area contributed by atoms with Gasteiger partial charge >= 0.3 is 0 Å². The minimum Gasteiger partial charge on any atom is -0.349 e. The second-order valence-corrected chi connectivity index (χ2v) is 6.08. The van der Waals surface area contributed by atoms with Crippen LogP contribution in [0.3, 0.4) is 0 Å². The molecule has 0 spiro atoms. The Bertz CT molecular complexity index is 324. The molecule has 0 fully saturated rings. The number of rotatable bonds is 5. The predicted molar refractivity (Wildman–Crippen MR) is 68.5 cm³/mol. The van der Waals surface area contributed by atoms with Crippen molar-refractivity contribution in [2.24, 2.45) is 0 Å². The van der Waals surface area contributed by atoms with Crippen LogP contribution in [0.2, 0.25) is 0 Å². The topological polar surface area (TPSA) is 29.1 Å². The third-order valence-electron chi connectivity index (χ3n) is 2.17. The lowest BCUT2D eigenvalue weighted by molar-refractivity contribution is 0.0942. The first-order valence-electron chi connectivity index (χ1n) is 5.19. The number of carbonyl (C=O) groups is 1. The highest BCUT2D eigenvalue weighted by Crippen LogP contribution is 2.21. The number of carbonyl (C=O) groups excluding carboxylic acids is 1. The number of nitrogens with one attached hydrogen (secondary N) is 1. The molecule has 1 heterocycles. The van der Waals surface area contributed by atoms with E-state index in [-0.39, 0.29) is 11.9 Å². The van der Waals surface area contributed by atoms with E-state index >= 15 is 0 Å². The molecule has 15 heavy (non-hydrogen) atoms.